The van der Waals surface area contributed by atoms with Crippen LogP contribution in [-0.4, -0.2) is 23.5 Å². The van der Waals surface area contributed by atoms with E-state index in [-0.39, 0.29) is 23.3 Å². The lowest BCUT2D eigenvalue weighted by Crippen LogP contribution is -2.38. The number of carbonyl (C=O) groups is 2. The first-order chi connectivity index (χ1) is 9.60. The highest BCUT2D eigenvalue weighted by Gasteiger charge is 2.20. The van der Waals surface area contributed by atoms with Crippen LogP contribution in [0.2, 0.25) is 10.0 Å². The molecule has 0 aliphatic carbocycles. The summed E-state index contributed by atoms with van der Waals surface area (Å²) in [6.45, 7) is 7.04. The van der Waals surface area contributed by atoms with Crippen molar-refractivity contribution in [1.82, 2.24) is 5.32 Å². The van der Waals surface area contributed by atoms with Crippen LogP contribution in [0.5, 0.6) is 0 Å². The maximum Gasteiger partial charge on any atom is 0.407 e. The van der Waals surface area contributed by atoms with E-state index in [4.69, 9.17) is 27.9 Å². The van der Waals surface area contributed by atoms with Gasteiger partial charge in [-0.05, 0) is 39.8 Å². The number of hydrogen-bond acceptors (Lipinski definition) is 3. The van der Waals surface area contributed by atoms with Crippen molar-refractivity contribution in [2.24, 2.45) is 0 Å². The first kappa shape index (κ1) is 17.8. The molecule has 0 aliphatic heterocycles. The molecule has 1 unspecified atom stereocenters. The summed E-state index contributed by atoms with van der Waals surface area (Å²) in [5.41, 5.74) is -0.230. The molecule has 1 atom stereocenters. The highest BCUT2D eigenvalue weighted by atomic mass is 35.5. The van der Waals surface area contributed by atoms with Gasteiger partial charge in [-0.15, -0.1) is 0 Å². The van der Waals surface area contributed by atoms with Gasteiger partial charge in [0.2, 0.25) is 0 Å². The van der Waals surface area contributed by atoms with E-state index in [1.54, 1.807) is 45.9 Å². The number of rotatable bonds is 4. The van der Waals surface area contributed by atoms with E-state index < -0.39 is 11.7 Å². The van der Waals surface area contributed by atoms with Crippen LogP contribution in [0.25, 0.3) is 0 Å². The summed E-state index contributed by atoms with van der Waals surface area (Å²) in [6, 6.07) is 4.51. The third-order valence-corrected chi connectivity index (χ3v) is 3.33. The van der Waals surface area contributed by atoms with Gasteiger partial charge in [0, 0.05) is 18.0 Å². The zero-order valence-electron chi connectivity index (χ0n) is 12.5. The third-order valence-electron chi connectivity index (χ3n) is 2.51. The summed E-state index contributed by atoms with van der Waals surface area (Å²) < 4.78 is 5.13. The molecule has 6 heteroatoms. The predicted molar refractivity (Wildman–Crippen MR) is 84.2 cm³/mol. The summed E-state index contributed by atoms with van der Waals surface area (Å²) in [4.78, 5) is 23.8. The fourth-order valence-electron chi connectivity index (χ4n) is 1.67. The minimum atomic E-state index is -0.579. The Morgan fingerprint density at radius 3 is 2.48 bits per heavy atom. The Morgan fingerprint density at radius 2 is 1.90 bits per heavy atom. The molecule has 0 radical (unpaired) electrons. The van der Waals surface area contributed by atoms with Crippen LogP contribution in [0.3, 0.4) is 0 Å². The Hall–Kier alpha value is -1.26. The molecular weight excluding hydrogens is 313 g/mol. The Bertz CT molecular complexity index is 538. The predicted octanol–water partition coefficient (Wildman–Crippen LogP) is 4.48. The Balaban J connectivity index is 2.62. The number of ketones is 1. The maximum absolute atomic E-state index is 12.2. The number of carbonyl (C=O) groups excluding carboxylic acids is 2. The summed E-state index contributed by atoms with van der Waals surface area (Å²) in [6.07, 6.45) is -0.445. The average Bonchev–Trinajstić information content (AvgIpc) is 2.29. The number of nitrogens with one attached hydrogen (secondary N) is 1. The van der Waals surface area contributed by atoms with Crippen LogP contribution in [0, 0.1) is 0 Å². The van der Waals surface area contributed by atoms with Gasteiger partial charge in [-0.2, -0.15) is 0 Å². The number of alkyl carbamates (subject to hydrolysis) is 1. The van der Waals surface area contributed by atoms with Gasteiger partial charge in [-0.1, -0.05) is 29.3 Å². The van der Waals surface area contributed by atoms with Crippen molar-refractivity contribution in [3.05, 3.63) is 33.8 Å². The molecule has 0 saturated carbocycles. The fourth-order valence-corrected chi connectivity index (χ4v) is 2.07. The molecule has 1 amide bonds. The number of ether oxygens (including phenoxy) is 1. The highest BCUT2D eigenvalue weighted by Crippen LogP contribution is 2.26. The molecule has 0 saturated heterocycles. The molecule has 0 fully saturated rings. The van der Waals surface area contributed by atoms with Crippen molar-refractivity contribution in [3.8, 4) is 0 Å². The number of Topliss-reactive ketones (excluding diaryl/α,β-unsaturated/α-hetero) is 1. The van der Waals surface area contributed by atoms with E-state index in [9.17, 15) is 9.59 Å². The van der Waals surface area contributed by atoms with Crippen LogP contribution >= 0.6 is 23.2 Å². The number of halogens is 2. The molecule has 0 aliphatic rings. The molecule has 0 aromatic heterocycles. The summed E-state index contributed by atoms with van der Waals surface area (Å²) in [7, 11) is 0. The maximum atomic E-state index is 12.2. The molecule has 1 aromatic rings. The Labute approximate surface area is 134 Å². The quantitative estimate of drug-likeness (QED) is 0.827. The summed E-state index contributed by atoms with van der Waals surface area (Å²) in [5.74, 6) is -0.189. The summed E-state index contributed by atoms with van der Waals surface area (Å²) >= 11 is 11.9. The topological polar surface area (TPSA) is 55.4 Å². The second-order valence-corrected chi connectivity index (χ2v) is 6.56. The van der Waals surface area contributed by atoms with E-state index in [0.717, 1.165) is 0 Å². The molecule has 1 aromatic carbocycles. The Kier molecular flexibility index (Phi) is 6.05. The average molecular weight is 332 g/mol. The van der Waals surface area contributed by atoms with Gasteiger partial charge in [0.25, 0.3) is 0 Å². The van der Waals surface area contributed by atoms with Crippen LogP contribution in [0.15, 0.2) is 18.2 Å². The van der Waals surface area contributed by atoms with Gasteiger partial charge in [0.05, 0.1) is 10.0 Å². The number of hydrogen-bond donors (Lipinski definition) is 1. The van der Waals surface area contributed by atoms with E-state index in [1.807, 2.05) is 0 Å². The smallest absolute Gasteiger partial charge is 0.407 e. The van der Waals surface area contributed by atoms with Crippen LogP contribution in [-0.2, 0) is 4.74 Å². The van der Waals surface area contributed by atoms with Crippen LogP contribution < -0.4 is 5.32 Å². The Morgan fingerprint density at radius 1 is 1.29 bits per heavy atom. The molecule has 4 nitrogen and oxygen atoms in total. The van der Waals surface area contributed by atoms with Gasteiger partial charge >= 0.3 is 6.09 Å². The molecule has 21 heavy (non-hydrogen) atoms. The highest BCUT2D eigenvalue weighted by molar-refractivity contribution is 6.43. The second-order valence-electron chi connectivity index (χ2n) is 5.78. The molecular formula is C15H19Cl2NO3. The van der Waals surface area contributed by atoms with Crippen LogP contribution in [0.4, 0.5) is 4.79 Å². The molecule has 0 bridgehead atoms. The van der Waals surface area contributed by atoms with Crippen molar-refractivity contribution >= 4 is 35.1 Å². The van der Waals surface area contributed by atoms with E-state index in [2.05, 4.69) is 5.32 Å². The lowest BCUT2D eigenvalue weighted by molar-refractivity contribution is 0.0506. The zero-order chi connectivity index (χ0) is 16.2. The van der Waals surface area contributed by atoms with Gasteiger partial charge < -0.3 is 10.1 Å². The molecule has 116 valence electrons. The first-order valence-electron chi connectivity index (χ1n) is 6.57. The van der Waals surface area contributed by atoms with Gasteiger partial charge in [-0.3, -0.25) is 4.79 Å². The van der Waals surface area contributed by atoms with Gasteiger partial charge in [-0.25, -0.2) is 4.79 Å². The SMILES string of the molecule is CC(CC(=O)c1cccc(Cl)c1Cl)NC(=O)OC(C)(C)C. The van der Waals surface area contributed by atoms with E-state index >= 15 is 0 Å². The lowest BCUT2D eigenvalue weighted by Gasteiger charge is -2.21. The normalized spacial score (nSPS) is 12.7. The largest absolute Gasteiger partial charge is 0.444 e. The van der Waals surface area contributed by atoms with E-state index in [0.29, 0.717) is 10.6 Å². The summed E-state index contributed by atoms with van der Waals surface area (Å²) in [5, 5.41) is 3.17. The number of benzene rings is 1. The molecule has 0 spiro atoms. The van der Waals surface area contributed by atoms with Crippen molar-refractivity contribution in [2.75, 3.05) is 0 Å². The second kappa shape index (κ2) is 7.14. The van der Waals surface area contributed by atoms with Crippen LogP contribution in [0.1, 0.15) is 44.5 Å². The first-order valence-corrected chi connectivity index (χ1v) is 7.32. The van der Waals surface area contributed by atoms with Crippen molar-refractivity contribution < 1.29 is 14.3 Å². The standard InChI is InChI=1S/C15H19Cl2NO3/c1-9(18-14(20)21-15(2,3)4)8-12(19)10-6-5-7-11(16)13(10)17/h5-7,9H,8H2,1-4H3,(H,18,20). The third kappa shape index (κ3) is 5.94. The van der Waals surface area contributed by atoms with Crippen molar-refractivity contribution in [1.29, 1.82) is 0 Å². The number of amides is 1. The minimum Gasteiger partial charge on any atom is -0.444 e. The minimum absolute atomic E-state index is 0.110. The van der Waals surface area contributed by atoms with E-state index in [1.165, 1.54) is 0 Å². The molecule has 1 rings (SSSR count). The van der Waals surface area contributed by atoms with Gasteiger partial charge in [0.15, 0.2) is 5.78 Å². The van der Waals surface area contributed by atoms with Crippen molar-refractivity contribution in [2.45, 2.75) is 45.8 Å². The lowest BCUT2D eigenvalue weighted by atomic mass is 10.0. The van der Waals surface area contributed by atoms with Gasteiger partial charge in [0.1, 0.15) is 5.60 Å². The van der Waals surface area contributed by atoms with Crippen molar-refractivity contribution in [3.63, 3.8) is 0 Å². The zero-order valence-corrected chi connectivity index (χ0v) is 14.0. The monoisotopic (exact) mass is 331 g/mol. The fraction of sp³-hybridized carbons (Fsp3) is 0.467. The molecule has 0 heterocycles. The molecule has 1 N–H and O–H groups in total.